The highest BCUT2D eigenvalue weighted by atomic mass is 16.3. The maximum Gasteiger partial charge on any atom is 0.255 e. The number of pyridine rings is 1. The van der Waals surface area contributed by atoms with Crippen molar-refractivity contribution < 1.29 is 14.7 Å². The number of likely N-dealkylation sites (tertiary alicyclic amines) is 1. The van der Waals surface area contributed by atoms with Gasteiger partial charge in [0, 0.05) is 64.5 Å². The van der Waals surface area contributed by atoms with Crippen molar-refractivity contribution in [2.75, 3.05) is 23.7 Å². The molecule has 0 radical (unpaired) electrons. The van der Waals surface area contributed by atoms with Gasteiger partial charge >= 0.3 is 0 Å². The molecule has 1 saturated heterocycles. The van der Waals surface area contributed by atoms with Crippen LogP contribution < -0.4 is 10.6 Å². The lowest BCUT2D eigenvalue weighted by molar-refractivity contribution is -0.113. The number of aliphatic hydroxyl groups excluding tert-OH is 1. The number of allylic oxidation sites excluding steroid dienone is 3. The quantitative estimate of drug-likeness (QED) is 0.195. The smallest absolute Gasteiger partial charge is 0.255 e. The van der Waals surface area contributed by atoms with Crippen molar-refractivity contribution in [1.82, 2.24) is 19.4 Å². The van der Waals surface area contributed by atoms with Crippen molar-refractivity contribution in [3.8, 4) is 5.69 Å². The van der Waals surface area contributed by atoms with Gasteiger partial charge in [0.25, 0.3) is 11.8 Å². The van der Waals surface area contributed by atoms with Gasteiger partial charge in [-0.3, -0.25) is 9.59 Å². The number of piperidine rings is 1. The molecule has 1 aliphatic heterocycles. The average molecular weight is 587 g/mol. The summed E-state index contributed by atoms with van der Waals surface area (Å²) < 4.78 is 2.06. The van der Waals surface area contributed by atoms with Crippen molar-refractivity contribution in [3.05, 3.63) is 108 Å². The molecule has 4 N–H and O–H groups in total. The Balaban J connectivity index is 1.02. The van der Waals surface area contributed by atoms with E-state index >= 15 is 0 Å². The van der Waals surface area contributed by atoms with E-state index in [0.717, 1.165) is 71.2 Å². The van der Waals surface area contributed by atoms with Gasteiger partial charge in [0.05, 0.1) is 23.5 Å². The number of carbonyl (C=O) groups excluding carboxylic acids is 2. The Morgan fingerprint density at radius 2 is 1.68 bits per heavy atom. The maximum absolute atomic E-state index is 13.2. The number of aliphatic hydroxyl groups is 1. The number of hydrogen-bond donors (Lipinski definition) is 4. The van der Waals surface area contributed by atoms with Crippen LogP contribution in [0.2, 0.25) is 0 Å². The molecular formula is C35H34N6O3. The molecule has 0 bridgehead atoms. The van der Waals surface area contributed by atoms with Crippen molar-refractivity contribution in [2.24, 2.45) is 5.92 Å². The number of fused-ring (bicyclic) bond motifs is 2. The molecule has 9 heteroatoms. The van der Waals surface area contributed by atoms with Crippen LogP contribution in [0.15, 0.2) is 103 Å². The Bertz CT molecular complexity index is 1930. The molecule has 2 aliphatic rings. The Morgan fingerprint density at radius 1 is 0.909 bits per heavy atom. The Kier molecular flexibility index (Phi) is 7.23. The predicted molar refractivity (Wildman–Crippen MR) is 173 cm³/mol. The second-order valence-corrected chi connectivity index (χ2v) is 11.7. The topological polar surface area (TPSA) is 115 Å². The number of hydrogen-bond acceptors (Lipinski definition) is 5. The molecule has 9 nitrogen and oxygen atoms in total. The monoisotopic (exact) mass is 586 g/mol. The molecule has 3 aromatic heterocycles. The number of benzene rings is 2. The van der Waals surface area contributed by atoms with Crippen LogP contribution in [-0.2, 0) is 4.79 Å². The summed E-state index contributed by atoms with van der Waals surface area (Å²) in [7, 11) is 0. The van der Waals surface area contributed by atoms with Crippen molar-refractivity contribution in [3.63, 3.8) is 0 Å². The average Bonchev–Trinajstić information content (AvgIpc) is 3.68. The van der Waals surface area contributed by atoms with Gasteiger partial charge in [-0.05, 0) is 91.9 Å². The van der Waals surface area contributed by atoms with Crippen molar-refractivity contribution in [1.29, 1.82) is 0 Å². The van der Waals surface area contributed by atoms with Gasteiger partial charge in [0.15, 0.2) is 0 Å². The number of anilines is 2. The Labute approximate surface area is 254 Å². The zero-order valence-electron chi connectivity index (χ0n) is 24.5. The number of rotatable bonds is 6. The summed E-state index contributed by atoms with van der Waals surface area (Å²) in [6, 6.07) is 19.2. The molecular weight excluding hydrogens is 552 g/mol. The third-order valence-electron chi connectivity index (χ3n) is 8.65. The van der Waals surface area contributed by atoms with Gasteiger partial charge in [0.2, 0.25) is 0 Å². The molecule has 44 heavy (non-hydrogen) atoms. The van der Waals surface area contributed by atoms with Crippen LogP contribution in [0.1, 0.15) is 36.5 Å². The highest BCUT2D eigenvalue weighted by Crippen LogP contribution is 2.30. The molecule has 4 heterocycles. The Morgan fingerprint density at radius 3 is 2.48 bits per heavy atom. The van der Waals surface area contributed by atoms with E-state index in [1.807, 2.05) is 67.0 Å². The van der Waals surface area contributed by atoms with Gasteiger partial charge in [-0.25, -0.2) is 4.98 Å². The second kappa shape index (κ2) is 11.5. The van der Waals surface area contributed by atoms with E-state index in [-0.39, 0.29) is 23.8 Å². The fourth-order valence-corrected chi connectivity index (χ4v) is 6.16. The number of amides is 2. The van der Waals surface area contributed by atoms with E-state index in [0.29, 0.717) is 11.3 Å². The number of nitrogens with zero attached hydrogens (tertiary/aromatic N) is 3. The van der Waals surface area contributed by atoms with E-state index < -0.39 is 0 Å². The predicted octanol–water partition coefficient (Wildman–Crippen LogP) is 6.00. The minimum Gasteiger partial charge on any atom is -0.393 e. The highest BCUT2D eigenvalue weighted by Gasteiger charge is 2.26. The van der Waals surface area contributed by atoms with Gasteiger partial charge in [0.1, 0.15) is 5.65 Å². The first kappa shape index (κ1) is 27.7. The van der Waals surface area contributed by atoms with Crippen LogP contribution >= 0.6 is 0 Å². The van der Waals surface area contributed by atoms with Crippen LogP contribution in [0.3, 0.4) is 0 Å². The fraction of sp³-hybridized carbons (Fsp3) is 0.229. The SMILES string of the molecule is CC1CC(N2CCC(O)CC2)=CC=C1C(=O)Nc1ccc2c(ccn2-c2ccc(C(=O)Nc3cnc4[nH]ccc4c3)cc2)c1. The molecule has 7 rings (SSSR count). The molecule has 5 aromatic rings. The summed E-state index contributed by atoms with van der Waals surface area (Å²) in [4.78, 5) is 35.8. The molecule has 0 saturated carbocycles. The van der Waals surface area contributed by atoms with Crippen molar-refractivity contribution in [2.45, 2.75) is 32.3 Å². The molecule has 0 spiro atoms. The summed E-state index contributed by atoms with van der Waals surface area (Å²) in [5.74, 6) is -0.180. The minimum atomic E-state index is -0.202. The summed E-state index contributed by atoms with van der Waals surface area (Å²) in [5.41, 5.74) is 6.64. The molecule has 222 valence electrons. The van der Waals surface area contributed by atoms with E-state index in [4.69, 9.17) is 0 Å². The standard InChI is InChI=1S/C35H34N6O3/c1-22-18-29(40-15-12-30(42)13-16-40)7-8-31(22)35(44)38-26-4-9-32-24(19-26)11-17-41(32)28-5-2-23(3-6-28)34(43)39-27-20-25-10-14-36-33(25)37-21-27/h2-11,14,17,19-22,30,42H,12-13,15-16,18H2,1H3,(H,36,37)(H,38,44)(H,39,43). The first-order valence-electron chi connectivity index (χ1n) is 15.0. The lowest BCUT2D eigenvalue weighted by atomic mass is 9.89. The van der Waals surface area contributed by atoms with Crippen LogP contribution in [0, 0.1) is 5.92 Å². The van der Waals surface area contributed by atoms with Gasteiger partial charge < -0.3 is 30.2 Å². The van der Waals surface area contributed by atoms with Crippen LogP contribution in [-0.4, -0.2) is 55.5 Å². The molecule has 1 unspecified atom stereocenters. The fourth-order valence-electron chi connectivity index (χ4n) is 6.16. The lowest BCUT2D eigenvalue weighted by Crippen LogP contribution is -2.36. The third-order valence-corrected chi connectivity index (χ3v) is 8.65. The molecule has 1 atom stereocenters. The normalized spacial score (nSPS) is 17.4. The molecule has 2 amide bonds. The first-order chi connectivity index (χ1) is 21.4. The summed E-state index contributed by atoms with van der Waals surface area (Å²) in [5, 5.41) is 17.8. The summed E-state index contributed by atoms with van der Waals surface area (Å²) in [6.07, 6.45) is 11.6. The number of nitrogens with one attached hydrogen (secondary N) is 3. The second-order valence-electron chi connectivity index (χ2n) is 11.7. The lowest BCUT2D eigenvalue weighted by Gasteiger charge is -2.35. The zero-order chi connectivity index (χ0) is 30.2. The molecule has 2 aromatic carbocycles. The molecule has 1 fully saturated rings. The van der Waals surface area contributed by atoms with Crippen LogP contribution in [0.25, 0.3) is 27.6 Å². The third kappa shape index (κ3) is 5.49. The largest absolute Gasteiger partial charge is 0.393 e. The number of carbonyl (C=O) groups is 2. The maximum atomic E-state index is 13.2. The first-order valence-corrected chi connectivity index (χ1v) is 15.0. The van der Waals surface area contributed by atoms with Gasteiger partial charge in [-0.15, -0.1) is 0 Å². The minimum absolute atomic E-state index is 0.0849. The molecule has 1 aliphatic carbocycles. The van der Waals surface area contributed by atoms with Crippen LogP contribution in [0.5, 0.6) is 0 Å². The van der Waals surface area contributed by atoms with Crippen molar-refractivity contribution >= 4 is 45.1 Å². The number of aromatic amines is 1. The number of H-pyrrole nitrogens is 1. The summed E-state index contributed by atoms with van der Waals surface area (Å²) in [6.45, 7) is 3.81. The number of aromatic nitrogens is 3. The Hall–Kier alpha value is -5.15. The van der Waals surface area contributed by atoms with Gasteiger partial charge in [-0.1, -0.05) is 13.0 Å². The summed E-state index contributed by atoms with van der Waals surface area (Å²) >= 11 is 0. The van der Waals surface area contributed by atoms with E-state index in [1.54, 1.807) is 18.3 Å². The van der Waals surface area contributed by atoms with Gasteiger partial charge in [-0.2, -0.15) is 0 Å². The van der Waals surface area contributed by atoms with E-state index in [1.165, 1.54) is 5.70 Å². The van der Waals surface area contributed by atoms with E-state index in [9.17, 15) is 14.7 Å². The zero-order valence-corrected chi connectivity index (χ0v) is 24.5. The van der Waals surface area contributed by atoms with E-state index in [2.05, 4.69) is 43.1 Å². The highest BCUT2D eigenvalue weighted by molar-refractivity contribution is 6.06. The van der Waals surface area contributed by atoms with Crippen LogP contribution in [0.4, 0.5) is 11.4 Å².